The maximum Gasteiger partial charge on any atom is 0.261 e. The number of hydrogen-bond acceptors (Lipinski definition) is 5. The molecule has 182 valence electrons. The van der Waals surface area contributed by atoms with Crippen LogP contribution in [0.5, 0.6) is 0 Å². The molecule has 0 saturated heterocycles. The lowest BCUT2D eigenvalue weighted by molar-refractivity contribution is -0.117. The summed E-state index contributed by atoms with van der Waals surface area (Å²) in [5.74, 6) is -0.816. The van der Waals surface area contributed by atoms with Gasteiger partial charge in [0.05, 0.1) is 28.1 Å². The van der Waals surface area contributed by atoms with Crippen LogP contribution >= 0.6 is 0 Å². The van der Waals surface area contributed by atoms with Crippen molar-refractivity contribution in [2.24, 2.45) is 10.4 Å². The first kappa shape index (κ1) is 23.7. The van der Waals surface area contributed by atoms with Gasteiger partial charge in [-0.1, -0.05) is 56.3 Å². The minimum Gasteiger partial charge on any atom is -0.511 e. The molecule has 1 saturated carbocycles. The molecular formula is C30H28N2O4. The Labute approximate surface area is 210 Å². The maximum atomic E-state index is 13.1. The van der Waals surface area contributed by atoms with Crippen molar-refractivity contribution >= 4 is 39.8 Å². The molecule has 0 atom stereocenters. The predicted molar refractivity (Wildman–Crippen MR) is 140 cm³/mol. The van der Waals surface area contributed by atoms with E-state index in [0.29, 0.717) is 36.1 Å². The zero-order chi connectivity index (χ0) is 25.4. The van der Waals surface area contributed by atoms with Gasteiger partial charge in [0.15, 0.2) is 5.78 Å². The standard InChI is InChI=1S/C30H28N2O4/c1-30(2)17-24(31-21-14-13-19-8-3-4-9-20(19)16-21)27(26(34)18-30)25(33)12-7-15-32-28(35)22-10-5-6-11-23(22)29(32)36/h3-6,8-11,13-14,16,33H,7,12,15,17-18H2,1-2H3/b27-25+,31-24?. The van der Waals surface area contributed by atoms with Crippen molar-refractivity contribution in [3.05, 3.63) is 89.2 Å². The fraction of sp³-hybridized carbons (Fsp3) is 0.267. The zero-order valence-electron chi connectivity index (χ0n) is 20.5. The van der Waals surface area contributed by atoms with Crippen LogP contribution in [-0.4, -0.2) is 39.9 Å². The van der Waals surface area contributed by atoms with E-state index in [1.165, 1.54) is 4.90 Å². The van der Waals surface area contributed by atoms with E-state index in [0.717, 1.165) is 16.5 Å². The molecule has 1 fully saturated rings. The number of nitrogens with zero attached hydrogens (tertiary/aromatic N) is 2. The van der Waals surface area contributed by atoms with Gasteiger partial charge in [-0.3, -0.25) is 24.3 Å². The Morgan fingerprint density at radius 1 is 0.889 bits per heavy atom. The molecule has 36 heavy (non-hydrogen) atoms. The Balaban J connectivity index is 1.38. The number of hydrogen-bond donors (Lipinski definition) is 1. The van der Waals surface area contributed by atoms with E-state index in [1.807, 2.05) is 56.3 Å². The van der Waals surface area contributed by atoms with Crippen LogP contribution in [0.2, 0.25) is 0 Å². The van der Waals surface area contributed by atoms with Gasteiger partial charge in [-0.05, 0) is 53.3 Å². The first-order chi connectivity index (χ1) is 17.2. The number of Topliss-reactive ketones (excluding diaryl/α,β-unsaturated/α-hetero) is 1. The molecule has 0 unspecified atom stereocenters. The van der Waals surface area contributed by atoms with Crippen LogP contribution in [0.3, 0.4) is 0 Å². The second-order valence-electron chi connectivity index (χ2n) is 10.3. The Hall–Kier alpha value is -4.06. The molecule has 0 radical (unpaired) electrons. The number of benzene rings is 3. The third-order valence-electron chi connectivity index (χ3n) is 6.81. The molecule has 6 nitrogen and oxygen atoms in total. The third-order valence-corrected chi connectivity index (χ3v) is 6.81. The molecule has 3 aromatic carbocycles. The molecular weight excluding hydrogens is 452 g/mol. The summed E-state index contributed by atoms with van der Waals surface area (Å²) < 4.78 is 0. The van der Waals surface area contributed by atoms with E-state index < -0.39 is 0 Å². The number of aliphatic hydroxyl groups excluding tert-OH is 1. The minimum absolute atomic E-state index is 0.0355. The second kappa shape index (κ2) is 9.19. The lowest BCUT2D eigenvalue weighted by atomic mass is 9.73. The zero-order valence-corrected chi connectivity index (χ0v) is 20.5. The normalized spacial score (nSPS) is 19.8. The summed E-state index contributed by atoms with van der Waals surface area (Å²) in [6.07, 6.45) is 1.40. The largest absolute Gasteiger partial charge is 0.511 e. The number of amides is 2. The van der Waals surface area contributed by atoms with Crippen molar-refractivity contribution in [2.45, 2.75) is 39.5 Å². The monoisotopic (exact) mass is 480 g/mol. The van der Waals surface area contributed by atoms with Crippen LogP contribution in [0.25, 0.3) is 10.8 Å². The van der Waals surface area contributed by atoms with Gasteiger partial charge in [-0.25, -0.2) is 0 Å². The average Bonchev–Trinajstić information content (AvgIpc) is 3.08. The van der Waals surface area contributed by atoms with Gasteiger partial charge in [0.25, 0.3) is 11.8 Å². The van der Waals surface area contributed by atoms with E-state index in [9.17, 15) is 19.5 Å². The van der Waals surface area contributed by atoms with Crippen molar-refractivity contribution in [1.82, 2.24) is 4.90 Å². The van der Waals surface area contributed by atoms with Crippen LogP contribution < -0.4 is 0 Å². The maximum absolute atomic E-state index is 13.1. The number of rotatable bonds is 5. The summed E-state index contributed by atoms with van der Waals surface area (Å²) in [6, 6.07) is 20.6. The highest BCUT2D eigenvalue weighted by molar-refractivity contribution is 6.25. The predicted octanol–water partition coefficient (Wildman–Crippen LogP) is 6.19. The lowest BCUT2D eigenvalue weighted by Gasteiger charge is -2.31. The Kier molecular flexibility index (Phi) is 6.04. The molecule has 0 aromatic heterocycles. The topological polar surface area (TPSA) is 87.0 Å². The van der Waals surface area contributed by atoms with Gasteiger partial charge in [0.1, 0.15) is 5.76 Å². The molecule has 1 aliphatic carbocycles. The summed E-state index contributed by atoms with van der Waals surface area (Å²) in [6.45, 7) is 4.22. The quantitative estimate of drug-likeness (QED) is 0.268. The lowest BCUT2D eigenvalue weighted by Crippen LogP contribution is -2.33. The SMILES string of the molecule is CC1(C)CC(=O)/C(=C(/O)CCCN2C(=O)c3ccccc3C2=O)C(=Nc2ccc3ccccc3c2)C1. The van der Waals surface area contributed by atoms with Crippen molar-refractivity contribution in [3.8, 4) is 0 Å². The van der Waals surface area contributed by atoms with E-state index in [1.54, 1.807) is 24.3 Å². The number of fused-ring (bicyclic) bond motifs is 2. The van der Waals surface area contributed by atoms with Crippen LogP contribution in [-0.2, 0) is 4.79 Å². The number of carbonyl (C=O) groups excluding carboxylic acids is 3. The number of aliphatic imine (C=N–C) groups is 1. The summed E-state index contributed by atoms with van der Waals surface area (Å²) >= 11 is 0. The summed E-state index contributed by atoms with van der Waals surface area (Å²) in [4.78, 5) is 44.4. The van der Waals surface area contributed by atoms with Crippen molar-refractivity contribution in [3.63, 3.8) is 0 Å². The summed E-state index contributed by atoms with van der Waals surface area (Å²) in [5, 5.41) is 13.2. The molecule has 0 bridgehead atoms. The molecule has 1 aliphatic heterocycles. The first-order valence-corrected chi connectivity index (χ1v) is 12.2. The molecule has 6 heteroatoms. The smallest absolute Gasteiger partial charge is 0.261 e. The van der Waals surface area contributed by atoms with Gasteiger partial charge >= 0.3 is 0 Å². The van der Waals surface area contributed by atoms with E-state index >= 15 is 0 Å². The van der Waals surface area contributed by atoms with Gasteiger partial charge in [-0.15, -0.1) is 0 Å². The number of carbonyl (C=O) groups is 3. The Morgan fingerprint density at radius 3 is 2.22 bits per heavy atom. The Morgan fingerprint density at radius 2 is 1.53 bits per heavy atom. The first-order valence-electron chi connectivity index (χ1n) is 12.2. The molecule has 2 amide bonds. The number of imide groups is 1. The van der Waals surface area contributed by atoms with E-state index in [2.05, 4.69) is 0 Å². The molecule has 3 aromatic rings. The molecule has 1 N–H and O–H groups in total. The molecule has 2 aliphatic rings. The van der Waals surface area contributed by atoms with Crippen LogP contribution in [0, 0.1) is 5.41 Å². The highest BCUT2D eigenvalue weighted by Crippen LogP contribution is 2.37. The third kappa shape index (κ3) is 4.47. The minimum atomic E-state index is -0.322. The van der Waals surface area contributed by atoms with Gasteiger partial charge in [0.2, 0.25) is 0 Å². The van der Waals surface area contributed by atoms with Crippen molar-refractivity contribution in [2.75, 3.05) is 6.54 Å². The van der Waals surface area contributed by atoms with Crippen molar-refractivity contribution < 1.29 is 19.5 Å². The van der Waals surface area contributed by atoms with Gasteiger partial charge in [0, 0.05) is 19.4 Å². The van der Waals surface area contributed by atoms with E-state index in [4.69, 9.17) is 4.99 Å². The summed E-state index contributed by atoms with van der Waals surface area (Å²) in [7, 11) is 0. The Bertz CT molecular complexity index is 1430. The molecule has 1 heterocycles. The van der Waals surface area contributed by atoms with Crippen LogP contribution in [0.4, 0.5) is 5.69 Å². The highest BCUT2D eigenvalue weighted by atomic mass is 16.3. The molecule has 5 rings (SSSR count). The van der Waals surface area contributed by atoms with Gasteiger partial charge in [-0.2, -0.15) is 0 Å². The summed E-state index contributed by atoms with van der Waals surface area (Å²) in [5.41, 5.74) is 2.11. The highest BCUT2D eigenvalue weighted by Gasteiger charge is 2.37. The number of ketones is 1. The van der Waals surface area contributed by atoms with Crippen LogP contribution in [0.15, 0.2) is 83.1 Å². The second-order valence-corrected chi connectivity index (χ2v) is 10.3. The number of aliphatic hydroxyl groups is 1. The fourth-order valence-electron chi connectivity index (χ4n) is 5.09. The average molecular weight is 481 g/mol. The van der Waals surface area contributed by atoms with Crippen molar-refractivity contribution in [1.29, 1.82) is 0 Å². The van der Waals surface area contributed by atoms with E-state index in [-0.39, 0.29) is 47.3 Å². The van der Waals surface area contributed by atoms with Gasteiger partial charge < -0.3 is 5.11 Å². The van der Waals surface area contributed by atoms with Crippen LogP contribution in [0.1, 0.15) is 60.2 Å². The molecule has 0 spiro atoms. The fourth-order valence-corrected chi connectivity index (χ4v) is 5.09. The number of allylic oxidation sites excluding steroid dienone is 2.